The van der Waals surface area contributed by atoms with E-state index in [-0.39, 0.29) is 18.1 Å². The average molecular weight is 139 g/mol. The fourth-order valence-corrected chi connectivity index (χ4v) is 1.26. The van der Waals surface area contributed by atoms with Crippen molar-refractivity contribution >= 4 is 5.91 Å². The maximum absolute atomic E-state index is 10.8. The monoisotopic (exact) mass is 139 g/mol. The van der Waals surface area contributed by atoms with Crippen molar-refractivity contribution in [3.05, 3.63) is 12.2 Å². The number of hydrogen-bond acceptors (Lipinski definition) is 2. The van der Waals surface area contributed by atoms with E-state index in [2.05, 4.69) is 5.32 Å². The van der Waals surface area contributed by atoms with Crippen molar-refractivity contribution in [2.75, 3.05) is 6.54 Å². The van der Waals surface area contributed by atoms with E-state index in [1.54, 1.807) is 0 Å². The summed E-state index contributed by atoms with van der Waals surface area (Å²) in [5, 5.41) is 2.76. The molecule has 0 aliphatic carbocycles. The molecule has 0 radical (unpaired) electrons. The fraction of sp³-hybridized carbons (Fsp3) is 0.571. The van der Waals surface area contributed by atoms with E-state index < -0.39 is 0 Å². The minimum Gasteiger partial charge on any atom is -0.364 e. The molecule has 2 aliphatic heterocycles. The Morgan fingerprint density at radius 1 is 1.50 bits per heavy atom. The molecule has 0 saturated carbocycles. The molecule has 2 heterocycles. The van der Waals surface area contributed by atoms with Crippen LogP contribution in [0.4, 0.5) is 0 Å². The molecule has 2 rings (SSSR count). The topological polar surface area (TPSA) is 38.3 Å². The number of amides is 1. The van der Waals surface area contributed by atoms with Crippen molar-refractivity contribution in [2.45, 2.75) is 18.6 Å². The molecule has 3 heteroatoms. The summed E-state index contributed by atoms with van der Waals surface area (Å²) in [6, 6.07) is 0. The molecule has 10 heavy (non-hydrogen) atoms. The lowest BCUT2D eigenvalue weighted by Crippen LogP contribution is -2.28. The number of carbonyl (C=O) groups excluding carboxylic acids is 1. The predicted octanol–water partition coefficient (Wildman–Crippen LogP) is -0.170. The van der Waals surface area contributed by atoms with Gasteiger partial charge in [-0.15, -0.1) is 0 Å². The van der Waals surface area contributed by atoms with Crippen molar-refractivity contribution in [3.63, 3.8) is 0 Å². The fourth-order valence-electron chi connectivity index (χ4n) is 1.26. The smallest absolute Gasteiger partial charge is 0.223 e. The van der Waals surface area contributed by atoms with Crippen LogP contribution in [0.5, 0.6) is 0 Å². The zero-order valence-corrected chi connectivity index (χ0v) is 5.54. The SMILES string of the molecule is O=C1CC2C=CC(CN1)O2. The highest BCUT2D eigenvalue weighted by atomic mass is 16.5. The molecular weight excluding hydrogens is 130 g/mol. The van der Waals surface area contributed by atoms with Crippen molar-refractivity contribution in [1.29, 1.82) is 0 Å². The zero-order chi connectivity index (χ0) is 6.97. The second kappa shape index (κ2) is 2.09. The van der Waals surface area contributed by atoms with Crippen LogP contribution in [0.1, 0.15) is 6.42 Å². The molecule has 0 aromatic carbocycles. The normalized spacial score (nSPS) is 37.4. The van der Waals surface area contributed by atoms with Gasteiger partial charge in [-0.05, 0) is 0 Å². The molecule has 2 aliphatic rings. The summed E-state index contributed by atoms with van der Waals surface area (Å²) in [5.74, 6) is 0.0943. The molecule has 2 atom stereocenters. The molecule has 1 saturated heterocycles. The molecule has 1 fully saturated rings. The van der Waals surface area contributed by atoms with E-state index >= 15 is 0 Å². The van der Waals surface area contributed by atoms with E-state index in [1.807, 2.05) is 12.2 Å². The van der Waals surface area contributed by atoms with Gasteiger partial charge in [0, 0.05) is 6.54 Å². The third-order valence-corrected chi connectivity index (χ3v) is 1.78. The van der Waals surface area contributed by atoms with Gasteiger partial charge in [-0.2, -0.15) is 0 Å². The average Bonchev–Trinajstić information content (AvgIpc) is 2.22. The van der Waals surface area contributed by atoms with Crippen LogP contribution >= 0.6 is 0 Å². The summed E-state index contributed by atoms with van der Waals surface area (Å²) in [6.45, 7) is 0.631. The van der Waals surface area contributed by atoms with E-state index in [1.165, 1.54) is 0 Å². The standard InChI is InChI=1S/C7H9NO2/c9-7-3-5-1-2-6(10-5)4-8-7/h1-2,5-6H,3-4H2,(H,8,9). The molecule has 2 unspecified atom stereocenters. The lowest BCUT2D eigenvalue weighted by molar-refractivity contribution is -0.121. The summed E-state index contributed by atoms with van der Waals surface area (Å²) in [5.41, 5.74) is 0. The van der Waals surface area contributed by atoms with E-state index in [4.69, 9.17) is 4.74 Å². The molecule has 2 bridgehead atoms. The maximum atomic E-state index is 10.8. The van der Waals surface area contributed by atoms with Gasteiger partial charge in [-0.25, -0.2) is 0 Å². The Bertz CT molecular complexity index is 188. The van der Waals surface area contributed by atoms with Crippen LogP contribution in [-0.2, 0) is 9.53 Å². The van der Waals surface area contributed by atoms with Crippen molar-refractivity contribution < 1.29 is 9.53 Å². The Hall–Kier alpha value is -0.830. The second-order valence-electron chi connectivity index (χ2n) is 2.61. The molecular formula is C7H9NO2. The summed E-state index contributed by atoms with van der Waals surface area (Å²) < 4.78 is 5.40. The summed E-state index contributed by atoms with van der Waals surface area (Å²) in [4.78, 5) is 10.8. The molecule has 1 amide bonds. The Morgan fingerprint density at radius 2 is 2.30 bits per heavy atom. The van der Waals surface area contributed by atoms with Gasteiger partial charge in [-0.1, -0.05) is 12.2 Å². The Kier molecular flexibility index (Phi) is 1.24. The van der Waals surface area contributed by atoms with Gasteiger partial charge in [0.05, 0.1) is 18.6 Å². The minimum absolute atomic E-state index is 0.0347. The van der Waals surface area contributed by atoms with Gasteiger partial charge in [0.15, 0.2) is 0 Å². The first kappa shape index (κ1) is 5.92. The van der Waals surface area contributed by atoms with Gasteiger partial charge >= 0.3 is 0 Å². The molecule has 0 aromatic rings. The summed E-state index contributed by atoms with van der Waals surface area (Å²) >= 11 is 0. The highest BCUT2D eigenvalue weighted by Crippen LogP contribution is 2.16. The second-order valence-corrected chi connectivity index (χ2v) is 2.61. The minimum atomic E-state index is 0.0347. The van der Waals surface area contributed by atoms with Gasteiger partial charge in [0.1, 0.15) is 0 Å². The van der Waals surface area contributed by atoms with Crippen LogP contribution < -0.4 is 5.32 Å². The molecule has 3 nitrogen and oxygen atoms in total. The van der Waals surface area contributed by atoms with Gasteiger partial charge in [0.2, 0.25) is 5.91 Å². The zero-order valence-electron chi connectivity index (χ0n) is 5.54. The first-order valence-corrected chi connectivity index (χ1v) is 3.45. The lowest BCUT2D eigenvalue weighted by Gasteiger charge is -2.05. The van der Waals surface area contributed by atoms with E-state index in [0.717, 1.165) is 0 Å². The van der Waals surface area contributed by atoms with Gasteiger partial charge in [0.25, 0.3) is 0 Å². The van der Waals surface area contributed by atoms with Crippen LogP contribution in [0.3, 0.4) is 0 Å². The van der Waals surface area contributed by atoms with Crippen molar-refractivity contribution in [1.82, 2.24) is 5.32 Å². The lowest BCUT2D eigenvalue weighted by atomic mass is 10.2. The number of hydrogen-bond donors (Lipinski definition) is 1. The number of rotatable bonds is 0. The summed E-state index contributed by atoms with van der Waals surface area (Å²) in [7, 11) is 0. The number of ether oxygens (including phenoxy) is 1. The first-order valence-electron chi connectivity index (χ1n) is 3.45. The first-order chi connectivity index (χ1) is 4.84. The molecule has 0 spiro atoms. The van der Waals surface area contributed by atoms with Crippen LogP contribution in [-0.4, -0.2) is 24.7 Å². The van der Waals surface area contributed by atoms with Crippen LogP contribution in [0.25, 0.3) is 0 Å². The number of fused-ring (bicyclic) bond motifs is 2. The molecule has 1 N–H and O–H groups in total. The van der Waals surface area contributed by atoms with Crippen LogP contribution in [0, 0.1) is 0 Å². The Balaban J connectivity index is 2.14. The third-order valence-electron chi connectivity index (χ3n) is 1.78. The Labute approximate surface area is 59.1 Å². The summed E-state index contributed by atoms with van der Waals surface area (Å²) in [6.07, 6.45) is 4.60. The Morgan fingerprint density at radius 3 is 3.20 bits per heavy atom. The quantitative estimate of drug-likeness (QED) is 0.473. The number of nitrogens with one attached hydrogen (secondary N) is 1. The van der Waals surface area contributed by atoms with Gasteiger partial charge in [-0.3, -0.25) is 4.79 Å². The molecule has 0 aromatic heterocycles. The largest absolute Gasteiger partial charge is 0.364 e. The predicted molar refractivity (Wildman–Crippen MR) is 35.4 cm³/mol. The van der Waals surface area contributed by atoms with Crippen molar-refractivity contribution in [2.24, 2.45) is 0 Å². The highest BCUT2D eigenvalue weighted by molar-refractivity contribution is 5.77. The van der Waals surface area contributed by atoms with E-state index in [0.29, 0.717) is 13.0 Å². The third kappa shape index (κ3) is 0.926. The van der Waals surface area contributed by atoms with Gasteiger partial charge < -0.3 is 10.1 Å². The van der Waals surface area contributed by atoms with E-state index in [9.17, 15) is 4.79 Å². The van der Waals surface area contributed by atoms with Crippen molar-refractivity contribution in [3.8, 4) is 0 Å². The van der Waals surface area contributed by atoms with Crippen LogP contribution in [0.2, 0.25) is 0 Å². The highest BCUT2D eigenvalue weighted by Gasteiger charge is 2.25. The molecule has 54 valence electrons. The number of carbonyl (C=O) groups is 1. The maximum Gasteiger partial charge on any atom is 0.223 e. The van der Waals surface area contributed by atoms with Crippen LogP contribution in [0.15, 0.2) is 12.2 Å².